The topological polar surface area (TPSA) is 48.0 Å². The highest BCUT2D eigenvalue weighted by atomic mass is 16.5. The molecular weight excluding hydrogens is 302 g/mol. The van der Waals surface area contributed by atoms with E-state index in [1.165, 1.54) is 31.5 Å². The van der Waals surface area contributed by atoms with Crippen molar-refractivity contribution < 1.29 is 9.84 Å². The lowest BCUT2D eigenvalue weighted by molar-refractivity contribution is -0.00290. The number of β-amino-alcohol motifs (C(OH)–C–C–N with tert-alkyl or cyclic N) is 1. The Balaban J connectivity index is 1.26. The van der Waals surface area contributed by atoms with Crippen LogP contribution in [-0.2, 0) is 6.54 Å². The third kappa shape index (κ3) is 3.91. The normalized spacial score (nSPS) is 29.0. The van der Waals surface area contributed by atoms with Crippen molar-refractivity contribution in [3.05, 3.63) is 29.8 Å². The van der Waals surface area contributed by atoms with Gasteiger partial charge >= 0.3 is 0 Å². The molecule has 3 aliphatic heterocycles. The highest BCUT2D eigenvalue weighted by molar-refractivity contribution is 5.28. The third-order valence-corrected chi connectivity index (χ3v) is 5.60. The molecule has 0 bridgehead atoms. The smallest absolute Gasteiger partial charge is 0.119 e. The number of ether oxygens (including phenoxy) is 1. The van der Waals surface area contributed by atoms with E-state index in [9.17, 15) is 5.11 Å². The van der Waals surface area contributed by atoms with Crippen molar-refractivity contribution in [2.75, 3.05) is 45.9 Å². The molecule has 3 heterocycles. The standard InChI is InChI=1S/C19H29N3O2/c23-18-12-21(13-18)10-15-2-1-3-19(8-15)24-14-16-4-5-17-9-20-6-7-22(17)11-16/h1-3,8,16-18,20,23H,4-7,9-14H2. The number of hydrogen-bond donors (Lipinski definition) is 2. The van der Waals surface area contributed by atoms with E-state index in [-0.39, 0.29) is 6.10 Å². The van der Waals surface area contributed by atoms with E-state index < -0.39 is 0 Å². The van der Waals surface area contributed by atoms with Crippen molar-refractivity contribution >= 4 is 0 Å². The summed E-state index contributed by atoms with van der Waals surface area (Å²) in [7, 11) is 0. The number of rotatable bonds is 5. The van der Waals surface area contributed by atoms with Crippen LogP contribution in [0, 0.1) is 5.92 Å². The molecule has 0 spiro atoms. The molecule has 5 heteroatoms. The molecule has 132 valence electrons. The van der Waals surface area contributed by atoms with Crippen LogP contribution in [-0.4, -0.2) is 72.9 Å². The molecule has 0 aliphatic carbocycles. The van der Waals surface area contributed by atoms with Gasteiger partial charge < -0.3 is 15.2 Å². The van der Waals surface area contributed by atoms with Gasteiger partial charge in [-0.15, -0.1) is 0 Å². The number of nitrogens with zero attached hydrogens (tertiary/aromatic N) is 2. The molecule has 0 radical (unpaired) electrons. The maximum Gasteiger partial charge on any atom is 0.119 e. The molecule has 0 saturated carbocycles. The predicted molar refractivity (Wildman–Crippen MR) is 94.2 cm³/mol. The maximum atomic E-state index is 9.39. The first-order valence-corrected chi connectivity index (χ1v) is 9.33. The molecule has 4 rings (SSSR count). The molecule has 3 fully saturated rings. The Kier molecular flexibility index (Phi) is 5.03. The van der Waals surface area contributed by atoms with E-state index in [0.717, 1.165) is 51.1 Å². The van der Waals surface area contributed by atoms with E-state index in [2.05, 4.69) is 39.4 Å². The summed E-state index contributed by atoms with van der Waals surface area (Å²) in [5, 5.41) is 12.9. The summed E-state index contributed by atoms with van der Waals surface area (Å²) in [5.74, 6) is 1.63. The van der Waals surface area contributed by atoms with Gasteiger partial charge in [-0.1, -0.05) is 12.1 Å². The lowest BCUT2D eigenvalue weighted by atomic mass is 9.92. The molecule has 0 amide bonds. The quantitative estimate of drug-likeness (QED) is 0.840. The Bertz CT molecular complexity index is 547. The second kappa shape index (κ2) is 7.40. The number of hydrogen-bond acceptors (Lipinski definition) is 5. The fraction of sp³-hybridized carbons (Fsp3) is 0.684. The van der Waals surface area contributed by atoms with Crippen LogP contribution in [0.15, 0.2) is 24.3 Å². The third-order valence-electron chi connectivity index (χ3n) is 5.60. The van der Waals surface area contributed by atoms with Gasteiger partial charge in [0.25, 0.3) is 0 Å². The molecule has 5 nitrogen and oxygen atoms in total. The fourth-order valence-electron chi connectivity index (χ4n) is 4.19. The van der Waals surface area contributed by atoms with Crippen LogP contribution in [0.4, 0.5) is 0 Å². The molecule has 2 unspecified atom stereocenters. The Morgan fingerprint density at radius 2 is 2.12 bits per heavy atom. The summed E-state index contributed by atoms with van der Waals surface area (Å²) in [6.45, 7) is 7.94. The summed E-state index contributed by atoms with van der Waals surface area (Å²) in [4.78, 5) is 4.90. The van der Waals surface area contributed by atoms with Crippen LogP contribution in [0.1, 0.15) is 18.4 Å². The minimum atomic E-state index is -0.135. The van der Waals surface area contributed by atoms with Crippen molar-refractivity contribution in [1.82, 2.24) is 15.1 Å². The minimum Gasteiger partial charge on any atom is -0.493 e. The predicted octanol–water partition coefficient (Wildman–Crippen LogP) is 0.926. The number of nitrogens with one attached hydrogen (secondary N) is 1. The lowest BCUT2D eigenvalue weighted by Crippen LogP contribution is -2.55. The monoisotopic (exact) mass is 331 g/mol. The minimum absolute atomic E-state index is 0.135. The molecule has 1 aromatic rings. The van der Waals surface area contributed by atoms with Gasteiger partial charge in [0, 0.05) is 57.8 Å². The zero-order valence-corrected chi connectivity index (χ0v) is 14.4. The number of piperazine rings is 1. The summed E-state index contributed by atoms with van der Waals surface area (Å²) >= 11 is 0. The first-order chi connectivity index (χ1) is 11.8. The van der Waals surface area contributed by atoms with Gasteiger partial charge in [-0.2, -0.15) is 0 Å². The second-order valence-corrected chi connectivity index (χ2v) is 7.60. The zero-order chi connectivity index (χ0) is 16.4. The summed E-state index contributed by atoms with van der Waals surface area (Å²) in [6.07, 6.45) is 2.43. The van der Waals surface area contributed by atoms with Gasteiger partial charge in [-0.05, 0) is 30.5 Å². The summed E-state index contributed by atoms with van der Waals surface area (Å²) in [6, 6.07) is 9.18. The molecule has 3 saturated heterocycles. The Labute approximate surface area is 144 Å². The van der Waals surface area contributed by atoms with Gasteiger partial charge in [-0.3, -0.25) is 9.80 Å². The van der Waals surface area contributed by atoms with Gasteiger partial charge in [-0.25, -0.2) is 0 Å². The molecule has 3 aliphatic rings. The average Bonchev–Trinajstić information content (AvgIpc) is 2.59. The van der Waals surface area contributed by atoms with Gasteiger partial charge in [0.15, 0.2) is 0 Å². The van der Waals surface area contributed by atoms with E-state index in [1.54, 1.807) is 0 Å². The molecule has 1 aromatic carbocycles. The summed E-state index contributed by atoms with van der Waals surface area (Å²) < 4.78 is 6.11. The van der Waals surface area contributed by atoms with E-state index in [1.807, 2.05) is 0 Å². The van der Waals surface area contributed by atoms with Crippen molar-refractivity contribution in [2.24, 2.45) is 5.92 Å². The second-order valence-electron chi connectivity index (χ2n) is 7.60. The average molecular weight is 331 g/mol. The largest absolute Gasteiger partial charge is 0.493 e. The van der Waals surface area contributed by atoms with Crippen LogP contribution in [0.2, 0.25) is 0 Å². The van der Waals surface area contributed by atoms with Crippen LogP contribution < -0.4 is 10.1 Å². The van der Waals surface area contributed by atoms with E-state index >= 15 is 0 Å². The van der Waals surface area contributed by atoms with Crippen LogP contribution >= 0.6 is 0 Å². The number of likely N-dealkylation sites (tertiary alicyclic amines) is 1. The maximum absolute atomic E-state index is 9.39. The first-order valence-electron chi connectivity index (χ1n) is 9.33. The molecule has 2 atom stereocenters. The molecular formula is C19H29N3O2. The van der Waals surface area contributed by atoms with Gasteiger partial charge in [0.2, 0.25) is 0 Å². The first kappa shape index (κ1) is 16.3. The molecule has 0 aromatic heterocycles. The molecule has 2 N–H and O–H groups in total. The zero-order valence-electron chi connectivity index (χ0n) is 14.4. The van der Waals surface area contributed by atoms with E-state index in [4.69, 9.17) is 4.74 Å². The Hall–Kier alpha value is -1.14. The highest BCUT2D eigenvalue weighted by Crippen LogP contribution is 2.24. The van der Waals surface area contributed by atoms with Crippen molar-refractivity contribution in [2.45, 2.75) is 31.5 Å². The van der Waals surface area contributed by atoms with Gasteiger partial charge in [0.1, 0.15) is 5.75 Å². The number of aliphatic hydroxyl groups excluding tert-OH is 1. The van der Waals surface area contributed by atoms with Crippen molar-refractivity contribution in [3.63, 3.8) is 0 Å². The lowest BCUT2D eigenvalue weighted by Gasteiger charge is -2.42. The van der Waals surface area contributed by atoms with Crippen molar-refractivity contribution in [3.8, 4) is 5.75 Å². The highest BCUT2D eigenvalue weighted by Gasteiger charge is 2.30. The van der Waals surface area contributed by atoms with E-state index in [0.29, 0.717) is 5.92 Å². The number of fused-ring (bicyclic) bond motifs is 1. The SMILES string of the molecule is OC1CN(Cc2cccc(OCC3CCC4CNCCN4C3)c2)C1. The molecule has 24 heavy (non-hydrogen) atoms. The number of benzene rings is 1. The number of piperidine rings is 1. The Morgan fingerprint density at radius 1 is 1.21 bits per heavy atom. The number of aliphatic hydroxyl groups is 1. The van der Waals surface area contributed by atoms with Crippen LogP contribution in [0.25, 0.3) is 0 Å². The van der Waals surface area contributed by atoms with Crippen LogP contribution in [0.5, 0.6) is 5.75 Å². The van der Waals surface area contributed by atoms with Crippen molar-refractivity contribution in [1.29, 1.82) is 0 Å². The fourth-order valence-corrected chi connectivity index (χ4v) is 4.19. The van der Waals surface area contributed by atoms with Crippen LogP contribution in [0.3, 0.4) is 0 Å². The summed E-state index contributed by atoms with van der Waals surface area (Å²) in [5.41, 5.74) is 1.27. The van der Waals surface area contributed by atoms with Gasteiger partial charge in [0.05, 0.1) is 12.7 Å². The Morgan fingerprint density at radius 3 is 3.00 bits per heavy atom.